The van der Waals surface area contributed by atoms with Gasteiger partial charge in [0.25, 0.3) is 0 Å². The maximum atomic E-state index is 6.66. The van der Waals surface area contributed by atoms with E-state index in [2.05, 4.69) is 54.5 Å². The van der Waals surface area contributed by atoms with Crippen LogP contribution in [0.5, 0.6) is 0 Å². The molecule has 3 rings (SSSR count). The van der Waals surface area contributed by atoms with E-state index in [1.807, 2.05) is 4.68 Å². The lowest BCUT2D eigenvalue weighted by Gasteiger charge is -2.34. The van der Waals surface area contributed by atoms with Crippen molar-refractivity contribution in [1.29, 1.82) is 0 Å². The second kappa shape index (κ2) is 5.22. The van der Waals surface area contributed by atoms with Gasteiger partial charge in [-0.1, -0.05) is 25.1 Å². The Hall–Kier alpha value is -1.75. The highest BCUT2D eigenvalue weighted by molar-refractivity contribution is 5.47. The number of nitrogens with zero attached hydrogens (tertiary/aromatic N) is 4. The van der Waals surface area contributed by atoms with E-state index in [0.717, 1.165) is 54.2 Å². The molecule has 21 heavy (non-hydrogen) atoms. The Labute approximate surface area is 125 Å². The number of nitrogens with two attached hydrogens (primary N) is 1. The summed E-state index contributed by atoms with van der Waals surface area (Å²) in [5, 5.41) is 12.4. The number of aromatic nitrogens is 4. The molecule has 2 aromatic rings. The first kappa shape index (κ1) is 14.2. The molecular weight excluding hydrogens is 262 g/mol. The van der Waals surface area contributed by atoms with Gasteiger partial charge in [-0.15, -0.1) is 5.10 Å². The van der Waals surface area contributed by atoms with Gasteiger partial charge in [0.2, 0.25) is 0 Å². The maximum Gasteiger partial charge on any atom is 0.176 e. The molecule has 0 amide bonds. The van der Waals surface area contributed by atoms with Crippen LogP contribution in [0.25, 0.3) is 5.69 Å². The van der Waals surface area contributed by atoms with Crippen molar-refractivity contribution in [3.05, 3.63) is 35.2 Å². The molecule has 1 aliphatic rings. The van der Waals surface area contributed by atoms with Gasteiger partial charge >= 0.3 is 0 Å². The highest BCUT2D eigenvalue weighted by Crippen LogP contribution is 2.37. The zero-order valence-corrected chi connectivity index (χ0v) is 13.0. The molecule has 5 heteroatoms. The Balaban J connectivity index is 2.06. The number of benzene rings is 1. The second-order valence-electron chi connectivity index (χ2n) is 6.49. The summed E-state index contributed by atoms with van der Waals surface area (Å²) in [5.41, 5.74) is 9.63. The van der Waals surface area contributed by atoms with Gasteiger partial charge in [0.1, 0.15) is 0 Å². The van der Waals surface area contributed by atoms with Gasteiger partial charge in [0.15, 0.2) is 5.82 Å². The minimum Gasteiger partial charge on any atom is -0.319 e. The van der Waals surface area contributed by atoms with Crippen molar-refractivity contribution in [1.82, 2.24) is 20.2 Å². The fourth-order valence-electron chi connectivity index (χ4n) is 3.29. The van der Waals surface area contributed by atoms with Crippen molar-refractivity contribution in [2.45, 2.75) is 52.0 Å². The van der Waals surface area contributed by atoms with Crippen molar-refractivity contribution >= 4 is 0 Å². The standard InChI is InChI=1S/C16H23N5/c1-11-7-9-16(17,10-8-11)15-18-19-20-21(15)14-12(2)5-4-6-13(14)3/h4-6,11H,7-10,17H2,1-3H3. The Kier molecular flexibility index (Phi) is 3.53. The summed E-state index contributed by atoms with van der Waals surface area (Å²) in [5.74, 6) is 1.54. The molecule has 0 bridgehead atoms. The van der Waals surface area contributed by atoms with Gasteiger partial charge in [-0.2, -0.15) is 4.68 Å². The van der Waals surface area contributed by atoms with Crippen LogP contribution in [0.4, 0.5) is 0 Å². The largest absolute Gasteiger partial charge is 0.319 e. The fourth-order valence-corrected chi connectivity index (χ4v) is 3.29. The van der Waals surface area contributed by atoms with Crippen molar-refractivity contribution in [2.75, 3.05) is 0 Å². The fraction of sp³-hybridized carbons (Fsp3) is 0.562. The van der Waals surface area contributed by atoms with Gasteiger partial charge in [0, 0.05) is 0 Å². The van der Waals surface area contributed by atoms with Crippen molar-refractivity contribution in [2.24, 2.45) is 11.7 Å². The third-order valence-corrected chi connectivity index (χ3v) is 4.73. The van der Waals surface area contributed by atoms with E-state index >= 15 is 0 Å². The van der Waals surface area contributed by atoms with Crippen LogP contribution >= 0.6 is 0 Å². The summed E-state index contributed by atoms with van der Waals surface area (Å²) in [6, 6.07) is 6.22. The van der Waals surface area contributed by atoms with E-state index in [4.69, 9.17) is 5.73 Å². The van der Waals surface area contributed by atoms with Gasteiger partial charge in [0.05, 0.1) is 11.2 Å². The van der Waals surface area contributed by atoms with Crippen molar-refractivity contribution in [3.8, 4) is 5.69 Å². The normalized spacial score (nSPS) is 26.0. The van der Waals surface area contributed by atoms with Crippen LogP contribution in [0.15, 0.2) is 18.2 Å². The molecule has 0 saturated heterocycles. The van der Waals surface area contributed by atoms with Gasteiger partial charge in [-0.25, -0.2) is 0 Å². The monoisotopic (exact) mass is 285 g/mol. The van der Waals surface area contributed by atoms with Gasteiger partial charge in [-0.3, -0.25) is 0 Å². The highest BCUT2D eigenvalue weighted by Gasteiger charge is 2.37. The third kappa shape index (κ3) is 2.46. The molecule has 1 aromatic heterocycles. The Bertz CT molecular complexity index is 618. The number of para-hydroxylation sites is 1. The molecule has 1 fully saturated rings. The Morgan fingerprint density at radius 1 is 1.19 bits per heavy atom. The van der Waals surface area contributed by atoms with Crippen LogP contribution in [0.1, 0.15) is 49.6 Å². The maximum absolute atomic E-state index is 6.66. The van der Waals surface area contributed by atoms with Crippen LogP contribution in [-0.2, 0) is 5.54 Å². The van der Waals surface area contributed by atoms with Crippen LogP contribution in [0, 0.1) is 19.8 Å². The summed E-state index contributed by atoms with van der Waals surface area (Å²) in [6.07, 6.45) is 4.16. The molecule has 1 heterocycles. The van der Waals surface area contributed by atoms with E-state index in [-0.39, 0.29) is 0 Å². The van der Waals surface area contributed by atoms with Crippen molar-refractivity contribution < 1.29 is 0 Å². The molecule has 1 aliphatic carbocycles. The van der Waals surface area contributed by atoms with Crippen LogP contribution in [0.3, 0.4) is 0 Å². The first-order valence-electron chi connectivity index (χ1n) is 7.65. The lowest BCUT2D eigenvalue weighted by atomic mass is 9.77. The van der Waals surface area contributed by atoms with E-state index < -0.39 is 5.54 Å². The zero-order chi connectivity index (χ0) is 15.0. The SMILES string of the molecule is Cc1cccc(C)c1-n1nnnc1C1(N)CCC(C)CC1. The molecule has 0 unspecified atom stereocenters. The third-order valence-electron chi connectivity index (χ3n) is 4.73. The Morgan fingerprint density at radius 2 is 1.81 bits per heavy atom. The number of tetrazole rings is 1. The minimum absolute atomic E-state index is 0.412. The Morgan fingerprint density at radius 3 is 2.43 bits per heavy atom. The summed E-state index contributed by atoms with van der Waals surface area (Å²) in [7, 11) is 0. The summed E-state index contributed by atoms with van der Waals surface area (Å²) in [4.78, 5) is 0. The molecule has 0 aliphatic heterocycles. The number of hydrogen-bond acceptors (Lipinski definition) is 4. The molecule has 0 atom stereocenters. The molecular formula is C16H23N5. The first-order valence-corrected chi connectivity index (χ1v) is 7.65. The van der Waals surface area contributed by atoms with Crippen LogP contribution < -0.4 is 5.73 Å². The average Bonchev–Trinajstić information content (AvgIpc) is 2.92. The van der Waals surface area contributed by atoms with Crippen LogP contribution in [0.2, 0.25) is 0 Å². The topological polar surface area (TPSA) is 69.6 Å². The quantitative estimate of drug-likeness (QED) is 0.921. The molecule has 0 spiro atoms. The molecule has 0 radical (unpaired) electrons. The van der Waals surface area contributed by atoms with E-state index in [1.54, 1.807) is 0 Å². The predicted molar refractivity (Wildman–Crippen MR) is 82.1 cm³/mol. The summed E-state index contributed by atoms with van der Waals surface area (Å²) < 4.78 is 1.85. The minimum atomic E-state index is -0.412. The number of aryl methyl sites for hydroxylation is 2. The average molecular weight is 285 g/mol. The van der Waals surface area contributed by atoms with E-state index in [9.17, 15) is 0 Å². The number of rotatable bonds is 2. The van der Waals surface area contributed by atoms with Crippen molar-refractivity contribution in [3.63, 3.8) is 0 Å². The van der Waals surface area contributed by atoms with Gasteiger partial charge < -0.3 is 5.73 Å². The lowest BCUT2D eigenvalue weighted by molar-refractivity contribution is 0.233. The number of hydrogen-bond donors (Lipinski definition) is 1. The summed E-state index contributed by atoms with van der Waals surface area (Å²) in [6.45, 7) is 6.45. The second-order valence-corrected chi connectivity index (χ2v) is 6.49. The molecule has 112 valence electrons. The molecule has 5 nitrogen and oxygen atoms in total. The first-order chi connectivity index (χ1) is 10.0. The van der Waals surface area contributed by atoms with E-state index in [1.165, 1.54) is 0 Å². The lowest BCUT2D eigenvalue weighted by Crippen LogP contribution is -2.42. The molecule has 2 N–H and O–H groups in total. The van der Waals surface area contributed by atoms with E-state index in [0.29, 0.717) is 0 Å². The smallest absolute Gasteiger partial charge is 0.176 e. The molecule has 1 aromatic carbocycles. The highest BCUT2D eigenvalue weighted by atomic mass is 15.6. The zero-order valence-electron chi connectivity index (χ0n) is 13.0. The van der Waals surface area contributed by atoms with Gasteiger partial charge in [-0.05, 0) is 67.0 Å². The van der Waals surface area contributed by atoms with Crippen LogP contribution in [-0.4, -0.2) is 20.2 Å². The predicted octanol–water partition coefficient (Wildman–Crippen LogP) is 2.64. The summed E-state index contributed by atoms with van der Waals surface area (Å²) >= 11 is 0. The molecule has 1 saturated carbocycles.